The molecule has 1 saturated carbocycles. The Kier molecular flexibility index (Phi) is 4.68. The smallest absolute Gasteiger partial charge is 0.262 e. The van der Waals surface area contributed by atoms with E-state index < -0.39 is 9.84 Å². The van der Waals surface area contributed by atoms with Crippen LogP contribution in [0.2, 0.25) is 5.02 Å². The van der Waals surface area contributed by atoms with Crippen LogP contribution in [0.4, 0.5) is 0 Å². The normalized spacial score (nSPS) is 16.5. The predicted octanol–water partition coefficient (Wildman–Crippen LogP) is 1.89. The number of rotatable bonds is 6. The highest BCUT2D eigenvalue weighted by atomic mass is 35.5. The molecule has 130 valence electrons. The number of sulfone groups is 1. The van der Waals surface area contributed by atoms with Crippen molar-refractivity contribution in [1.82, 2.24) is 9.55 Å². The molecule has 1 aromatic heterocycles. The molecule has 1 aliphatic rings. The van der Waals surface area contributed by atoms with Gasteiger partial charge in [-0.1, -0.05) is 17.7 Å². The van der Waals surface area contributed by atoms with Gasteiger partial charge in [-0.3, -0.25) is 9.36 Å². The summed E-state index contributed by atoms with van der Waals surface area (Å²) in [6.45, 7) is 0.260. The zero-order valence-electron chi connectivity index (χ0n) is 13.4. The summed E-state index contributed by atoms with van der Waals surface area (Å²) < 4.78 is 24.2. The minimum absolute atomic E-state index is 0.0120. The number of nitrogens with zero attached hydrogens (tertiary/aromatic N) is 2. The Hall–Kier alpha value is -1.44. The van der Waals surface area contributed by atoms with Crippen molar-refractivity contribution in [3.05, 3.63) is 39.4 Å². The molecule has 6 nitrogen and oxygen atoms in total. The fourth-order valence-electron chi connectivity index (χ4n) is 2.86. The van der Waals surface area contributed by atoms with E-state index in [1.54, 1.807) is 18.2 Å². The summed E-state index contributed by atoms with van der Waals surface area (Å²) in [5, 5.41) is 0.693. The van der Waals surface area contributed by atoms with Crippen LogP contribution in [-0.4, -0.2) is 30.0 Å². The maximum Gasteiger partial charge on any atom is 0.262 e. The molecule has 0 aliphatic heterocycles. The highest BCUT2D eigenvalue weighted by Crippen LogP contribution is 2.39. The van der Waals surface area contributed by atoms with E-state index in [9.17, 15) is 13.2 Å². The molecule has 0 bridgehead atoms. The van der Waals surface area contributed by atoms with Gasteiger partial charge in [0.05, 0.1) is 27.7 Å². The van der Waals surface area contributed by atoms with Crippen LogP contribution in [0.3, 0.4) is 0 Å². The van der Waals surface area contributed by atoms with E-state index in [-0.39, 0.29) is 23.9 Å². The summed E-state index contributed by atoms with van der Waals surface area (Å²) in [6, 6.07) is 4.82. The first-order chi connectivity index (χ1) is 11.3. The number of aromatic nitrogens is 2. The van der Waals surface area contributed by atoms with Crippen LogP contribution in [0.25, 0.3) is 10.9 Å². The van der Waals surface area contributed by atoms with Crippen molar-refractivity contribution in [3.8, 4) is 0 Å². The number of fused-ring (bicyclic) bond motifs is 1. The summed E-state index contributed by atoms with van der Waals surface area (Å²) >= 11 is 6.17. The van der Waals surface area contributed by atoms with E-state index >= 15 is 0 Å². The standard InChI is InChI=1S/C16H20ClN3O3S/c1-24(22,23)9-3-8-20-15(14(18)10-6-7-10)19-12-5-2-4-11(17)13(12)16(20)21/h2,4-5,10,14H,3,6-9,18H2,1H3/t14-/m0/s1. The monoisotopic (exact) mass is 369 g/mol. The summed E-state index contributed by atoms with van der Waals surface area (Å²) in [4.78, 5) is 17.5. The van der Waals surface area contributed by atoms with Gasteiger partial charge in [0.1, 0.15) is 15.7 Å². The third kappa shape index (κ3) is 3.63. The van der Waals surface area contributed by atoms with Gasteiger partial charge in [0.25, 0.3) is 5.56 Å². The van der Waals surface area contributed by atoms with Crippen LogP contribution in [0, 0.1) is 5.92 Å². The van der Waals surface area contributed by atoms with Crippen molar-refractivity contribution in [2.45, 2.75) is 31.8 Å². The molecule has 0 spiro atoms. The fraction of sp³-hybridized carbons (Fsp3) is 0.500. The van der Waals surface area contributed by atoms with E-state index in [4.69, 9.17) is 17.3 Å². The molecule has 2 N–H and O–H groups in total. The van der Waals surface area contributed by atoms with Crippen molar-refractivity contribution in [2.75, 3.05) is 12.0 Å². The van der Waals surface area contributed by atoms with E-state index in [1.807, 2.05) is 0 Å². The van der Waals surface area contributed by atoms with Crippen LogP contribution < -0.4 is 11.3 Å². The second kappa shape index (κ2) is 6.46. The van der Waals surface area contributed by atoms with Gasteiger partial charge in [-0.05, 0) is 37.3 Å². The second-order valence-electron chi connectivity index (χ2n) is 6.41. The number of hydrogen-bond donors (Lipinski definition) is 1. The van der Waals surface area contributed by atoms with Gasteiger partial charge in [0.15, 0.2) is 0 Å². The molecule has 1 aromatic carbocycles. The first-order valence-corrected chi connectivity index (χ1v) is 10.3. The van der Waals surface area contributed by atoms with Crippen molar-refractivity contribution in [3.63, 3.8) is 0 Å². The molecule has 0 unspecified atom stereocenters. The predicted molar refractivity (Wildman–Crippen MR) is 95.0 cm³/mol. The Morgan fingerprint density at radius 1 is 1.42 bits per heavy atom. The molecule has 0 radical (unpaired) electrons. The maximum absolute atomic E-state index is 12.9. The lowest BCUT2D eigenvalue weighted by Gasteiger charge is -2.18. The Balaban J connectivity index is 2.08. The van der Waals surface area contributed by atoms with Gasteiger partial charge in [-0.15, -0.1) is 0 Å². The molecule has 8 heteroatoms. The van der Waals surface area contributed by atoms with Crippen molar-refractivity contribution < 1.29 is 8.42 Å². The van der Waals surface area contributed by atoms with Gasteiger partial charge in [0.2, 0.25) is 0 Å². The Morgan fingerprint density at radius 3 is 2.75 bits per heavy atom. The summed E-state index contributed by atoms with van der Waals surface area (Å²) in [7, 11) is -3.09. The van der Waals surface area contributed by atoms with Crippen LogP contribution in [-0.2, 0) is 16.4 Å². The van der Waals surface area contributed by atoms with Crippen molar-refractivity contribution in [2.24, 2.45) is 11.7 Å². The third-order valence-corrected chi connectivity index (χ3v) is 5.63. The Bertz CT molecular complexity index is 935. The Morgan fingerprint density at radius 2 is 2.12 bits per heavy atom. The van der Waals surface area contributed by atoms with Gasteiger partial charge in [-0.2, -0.15) is 0 Å². The SMILES string of the molecule is CS(=O)(=O)CCCn1c([C@@H](N)C2CC2)nc2cccc(Cl)c2c1=O. The lowest BCUT2D eigenvalue weighted by Crippen LogP contribution is -2.31. The van der Waals surface area contributed by atoms with Gasteiger partial charge in [0, 0.05) is 12.8 Å². The first kappa shape index (κ1) is 17.4. The third-order valence-electron chi connectivity index (χ3n) is 4.29. The van der Waals surface area contributed by atoms with E-state index in [0.29, 0.717) is 34.1 Å². The second-order valence-corrected chi connectivity index (χ2v) is 9.07. The molecule has 2 aromatic rings. The maximum atomic E-state index is 12.9. The fourth-order valence-corrected chi connectivity index (χ4v) is 3.77. The molecule has 24 heavy (non-hydrogen) atoms. The highest BCUT2D eigenvalue weighted by molar-refractivity contribution is 7.90. The van der Waals surface area contributed by atoms with E-state index in [2.05, 4.69) is 4.98 Å². The summed E-state index contributed by atoms with van der Waals surface area (Å²) in [6.07, 6.45) is 3.56. The molecular formula is C16H20ClN3O3S. The minimum Gasteiger partial charge on any atom is -0.321 e. The average Bonchev–Trinajstić information content (AvgIpc) is 3.32. The van der Waals surface area contributed by atoms with Gasteiger partial charge < -0.3 is 5.73 Å². The molecule has 1 fully saturated rings. The van der Waals surface area contributed by atoms with Crippen molar-refractivity contribution in [1.29, 1.82) is 0 Å². The minimum atomic E-state index is -3.09. The number of benzene rings is 1. The average molecular weight is 370 g/mol. The number of halogens is 1. The molecule has 3 rings (SSSR count). The zero-order chi connectivity index (χ0) is 17.5. The highest BCUT2D eigenvalue weighted by Gasteiger charge is 2.33. The van der Waals surface area contributed by atoms with Crippen LogP contribution in [0.1, 0.15) is 31.1 Å². The van der Waals surface area contributed by atoms with Gasteiger partial charge in [-0.25, -0.2) is 13.4 Å². The molecule has 1 atom stereocenters. The van der Waals surface area contributed by atoms with Crippen LogP contribution >= 0.6 is 11.6 Å². The van der Waals surface area contributed by atoms with Crippen LogP contribution in [0.15, 0.2) is 23.0 Å². The summed E-state index contributed by atoms with van der Waals surface area (Å²) in [5.41, 5.74) is 6.55. The van der Waals surface area contributed by atoms with E-state index in [1.165, 1.54) is 10.8 Å². The summed E-state index contributed by atoms with van der Waals surface area (Å²) in [5.74, 6) is 0.860. The van der Waals surface area contributed by atoms with E-state index in [0.717, 1.165) is 12.8 Å². The lowest BCUT2D eigenvalue weighted by atomic mass is 10.1. The van der Waals surface area contributed by atoms with Crippen LogP contribution in [0.5, 0.6) is 0 Å². The zero-order valence-corrected chi connectivity index (χ0v) is 15.0. The number of hydrogen-bond acceptors (Lipinski definition) is 5. The quantitative estimate of drug-likeness (QED) is 0.838. The topological polar surface area (TPSA) is 95.1 Å². The lowest BCUT2D eigenvalue weighted by molar-refractivity contribution is 0.515. The molecule has 0 amide bonds. The largest absolute Gasteiger partial charge is 0.321 e. The number of nitrogens with two attached hydrogens (primary N) is 1. The molecular weight excluding hydrogens is 350 g/mol. The van der Waals surface area contributed by atoms with Gasteiger partial charge >= 0.3 is 0 Å². The molecule has 1 heterocycles. The molecule has 0 saturated heterocycles. The first-order valence-electron chi connectivity index (χ1n) is 7.90. The molecule has 1 aliphatic carbocycles. The van der Waals surface area contributed by atoms with Crippen molar-refractivity contribution >= 4 is 32.3 Å². The Labute approximate surface area is 145 Å².